The van der Waals surface area contributed by atoms with Gasteiger partial charge >= 0.3 is 6.03 Å². The molecule has 2 aromatic carbocycles. The first-order chi connectivity index (χ1) is 16.4. The van der Waals surface area contributed by atoms with Gasteiger partial charge < -0.3 is 15.4 Å². The number of carbonyl (C=O) groups is 3. The molecule has 1 aliphatic heterocycles. The van der Waals surface area contributed by atoms with E-state index in [1.54, 1.807) is 30.3 Å². The van der Waals surface area contributed by atoms with Gasteiger partial charge in [-0.2, -0.15) is 0 Å². The topological polar surface area (TPSA) is 134 Å². The average molecular weight is 503 g/mol. The minimum absolute atomic E-state index is 0.153. The third-order valence-corrected chi connectivity index (χ3v) is 6.87. The molecule has 0 saturated carbocycles. The second-order valence-electron chi connectivity index (χ2n) is 9.15. The zero-order chi connectivity index (χ0) is 26.0. The van der Waals surface area contributed by atoms with Gasteiger partial charge in [0.2, 0.25) is 15.9 Å². The molecule has 188 valence electrons. The fourth-order valence-corrected chi connectivity index (χ4v) is 4.48. The predicted molar refractivity (Wildman–Crippen MR) is 133 cm³/mol. The molecule has 11 heteroatoms. The Morgan fingerprint density at radius 2 is 1.80 bits per heavy atom. The van der Waals surface area contributed by atoms with Crippen LogP contribution in [0.5, 0.6) is 5.75 Å². The van der Waals surface area contributed by atoms with Crippen LogP contribution in [0.2, 0.25) is 0 Å². The summed E-state index contributed by atoms with van der Waals surface area (Å²) in [6.07, 6.45) is 0.153. The molecular formula is C24H30N4O6S. The van der Waals surface area contributed by atoms with Crippen LogP contribution in [-0.2, 0) is 26.0 Å². The minimum Gasteiger partial charge on any atom is -0.496 e. The lowest BCUT2D eigenvalue weighted by Crippen LogP contribution is -2.50. The van der Waals surface area contributed by atoms with E-state index in [-0.39, 0.29) is 35.9 Å². The Morgan fingerprint density at radius 3 is 2.34 bits per heavy atom. The van der Waals surface area contributed by atoms with E-state index in [9.17, 15) is 22.8 Å². The number of amides is 4. The molecular weight excluding hydrogens is 472 g/mol. The van der Waals surface area contributed by atoms with Crippen molar-refractivity contribution in [2.24, 2.45) is 0 Å². The lowest BCUT2D eigenvalue weighted by molar-refractivity contribution is -0.118. The Bertz CT molecular complexity index is 1230. The van der Waals surface area contributed by atoms with Crippen LogP contribution in [0.4, 0.5) is 16.2 Å². The van der Waals surface area contributed by atoms with Crippen molar-refractivity contribution >= 4 is 39.2 Å². The summed E-state index contributed by atoms with van der Waals surface area (Å²) in [6.45, 7) is 6.07. The standard InChI is InChI=1S/C24H30N4O6S/c1-24(2,3)19-13-17(28-20(29)10-11-26-23(28)31)12-18(21(19)34-5)22(30)27-16-8-6-15(7-9-16)14-35(32,33)25-4/h6-9,12-13,25H,10-11,14H2,1-5H3,(H,26,31)(H,27,30). The Balaban J connectivity index is 2.00. The summed E-state index contributed by atoms with van der Waals surface area (Å²) in [6, 6.07) is 9.01. The van der Waals surface area contributed by atoms with Crippen molar-refractivity contribution in [3.05, 3.63) is 53.1 Å². The Kier molecular flexibility index (Phi) is 7.51. The second-order valence-corrected chi connectivity index (χ2v) is 11.1. The number of benzene rings is 2. The molecule has 1 saturated heterocycles. The normalized spacial score (nSPS) is 14.5. The molecule has 0 spiro atoms. The molecule has 0 unspecified atom stereocenters. The van der Waals surface area contributed by atoms with Crippen LogP contribution in [0.15, 0.2) is 36.4 Å². The van der Waals surface area contributed by atoms with Gasteiger partial charge in [-0.3, -0.25) is 9.59 Å². The summed E-state index contributed by atoms with van der Waals surface area (Å²) in [5.41, 5.74) is 1.62. The van der Waals surface area contributed by atoms with Gasteiger partial charge in [-0.05, 0) is 42.3 Å². The van der Waals surface area contributed by atoms with Gasteiger partial charge in [-0.1, -0.05) is 32.9 Å². The minimum atomic E-state index is -3.42. The van der Waals surface area contributed by atoms with E-state index >= 15 is 0 Å². The van der Waals surface area contributed by atoms with Gasteiger partial charge in [-0.15, -0.1) is 0 Å². The molecule has 0 aliphatic carbocycles. The van der Waals surface area contributed by atoms with Crippen LogP contribution < -0.4 is 25.0 Å². The summed E-state index contributed by atoms with van der Waals surface area (Å²) < 4.78 is 31.4. The largest absolute Gasteiger partial charge is 0.496 e. The lowest BCUT2D eigenvalue weighted by Gasteiger charge is -2.30. The molecule has 0 bridgehead atoms. The number of methoxy groups -OCH3 is 1. The Morgan fingerprint density at radius 1 is 1.14 bits per heavy atom. The quantitative estimate of drug-likeness (QED) is 0.533. The number of hydrogen-bond donors (Lipinski definition) is 3. The Hall–Kier alpha value is -3.44. The molecule has 0 radical (unpaired) electrons. The van der Waals surface area contributed by atoms with E-state index in [1.165, 1.54) is 20.2 Å². The molecule has 1 aliphatic rings. The van der Waals surface area contributed by atoms with Crippen LogP contribution in [0.1, 0.15) is 48.7 Å². The molecule has 10 nitrogen and oxygen atoms in total. The number of nitrogens with one attached hydrogen (secondary N) is 3. The molecule has 1 heterocycles. The molecule has 4 amide bonds. The van der Waals surface area contributed by atoms with Crippen LogP contribution in [-0.4, -0.2) is 47.0 Å². The van der Waals surface area contributed by atoms with E-state index < -0.39 is 27.4 Å². The summed E-state index contributed by atoms with van der Waals surface area (Å²) >= 11 is 0. The highest BCUT2D eigenvalue weighted by molar-refractivity contribution is 7.88. The molecule has 3 N–H and O–H groups in total. The number of urea groups is 1. The van der Waals surface area contributed by atoms with E-state index in [0.717, 1.165) is 4.90 Å². The van der Waals surface area contributed by atoms with Crippen molar-refractivity contribution in [2.45, 2.75) is 38.4 Å². The highest BCUT2D eigenvalue weighted by Crippen LogP contribution is 2.38. The third kappa shape index (κ3) is 5.98. The molecule has 2 aromatic rings. The van der Waals surface area contributed by atoms with Gasteiger partial charge in [0, 0.05) is 24.2 Å². The van der Waals surface area contributed by atoms with Crippen LogP contribution >= 0.6 is 0 Å². The van der Waals surface area contributed by atoms with Crippen molar-refractivity contribution in [3.8, 4) is 5.75 Å². The van der Waals surface area contributed by atoms with Crippen molar-refractivity contribution in [1.82, 2.24) is 10.0 Å². The average Bonchev–Trinajstić information content (AvgIpc) is 2.79. The predicted octanol–water partition coefficient (Wildman–Crippen LogP) is 2.74. The van der Waals surface area contributed by atoms with E-state index in [4.69, 9.17) is 4.74 Å². The van der Waals surface area contributed by atoms with Gasteiger partial charge in [0.15, 0.2) is 0 Å². The summed E-state index contributed by atoms with van der Waals surface area (Å²) in [4.78, 5) is 39.4. The number of imide groups is 1. The number of sulfonamides is 1. The van der Waals surface area contributed by atoms with Crippen molar-refractivity contribution in [2.75, 3.05) is 30.9 Å². The zero-order valence-electron chi connectivity index (χ0n) is 20.4. The van der Waals surface area contributed by atoms with E-state index in [0.29, 0.717) is 22.6 Å². The highest BCUT2D eigenvalue weighted by Gasteiger charge is 2.32. The fraction of sp³-hybridized carbons (Fsp3) is 0.375. The van der Waals surface area contributed by atoms with Crippen LogP contribution in [0.25, 0.3) is 0 Å². The van der Waals surface area contributed by atoms with Gasteiger partial charge in [0.1, 0.15) is 5.75 Å². The van der Waals surface area contributed by atoms with Gasteiger partial charge in [0.25, 0.3) is 5.91 Å². The number of carbonyl (C=O) groups excluding carboxylic acids is 3. The van der Waals surface area contributed by atoms with Crippen molar-refractivity contribution in [3.63, 3.8) is 0 Å². The first-order valence-corrected chi connectivity index (χ1v) is 12.7. The van der Waals surface area contributed by atoms with Crippen molar-refractivity contribution in [1.29, 1.82) is 0 Å². The summed E-state index contributed by atoms with van der Waals surface area (Å²) in [5, 5.41) is 5.43. The molecule has 0 aromatic heterocycles. The number of ether oxygens (including phenoxy) is 1. The first-order valence-electron chi connectivity index (χ1n) is 11.0. The SMILES string of the molecule is CNS(=O)(=O)Cc1ccc(NC(=O)c2cc(N3C(=O)CCNC3=O)cc(C(C)(C)C)c2OC)cc1. The molecule has 1 fully saturated rings. The maximum atomic E-state index is 13.3. The zero-order valence-corrected chi connectivity index (χ0v) is 21.2. The summed E-state index contributed by atoms with van der Waals surface area (Å²) in [7, 11) is -0.622. The first kappa shape index (κ1) is 26.2. The smallest absolute Gasteiger partial charge is 0.328 e. The van der Waals surface area contributed by atoms with Crippen LogP contribution in [0.3, 0.4) is 0 Å². The fourth-order valence-electron chi connectivity index (χ4n) is 3.70. The number of anilines is 2. The van der Waals surface area contributed by atoms with Crippen LogP contribution in [0, 0.1) is 0 Å². The third-order valence-electron chi connectivity index (χ3n) is 5.54. The Labute approximate surface area is 205 Å². The van der Waals surface area contributed by atoms with E-state index in [2.05, 4.69) is 15.4 Å². The number of nitrogens with zero attached hydrogens (tertiary/aromatic N) is 1. The maximum Gasteiger partial charge on any atom is 0.328 e. The van der Waals surface area contributed by atoms with Crippen molar-refractivity contribution < 1.29 is 27.5 Å². The summed E-state index contributed by atoms with van der Waals surface area (Å²) in [5.74, 6) is -0.721. The lowest BCUT2D eigenvalue weighted by atomic mass is 9.84. The van der Waals surface area contributed by atoms with Gasteiger partial charge in [-0.25, -0.2) is 22.8 Å². The van der Waals surface area contributed by atoms with E-state index in [1.807, 2.05) is 20.8 Å². The highest BCUT2D eigenvalue weighted by atomic mass is 32.2. The second kappa shape index (κ2) is 10.0. The number of rotatable bonds is 7. The monoisotopic (exact) mass is 502 g/mol. The maximum absolute atomic E-state index is 13.3. The number of hydrogen-bond acceptors (Lipinski definition) is 6. The molecule has 35 heavy (non-hydrogen) atoms. The van der Waals surface area contributed by atoms with Gasteiger partial charge in [0.05, 0.1) is 24.1 Å². The molecule has 3 rings (SSSR count). The molecule has 0 atom stereocenters.